The molecular weight excluding hydrogens is 398 g/mol. The van der Waals surface area contributed by atoms with Crippen molar-refractivity contribution in [2.45, 2.75) is 16.7 Å². The van der Waals surface area contributed by atoms with Crippen molar-refractivity contribution in [2.24, 2.45) is 5.10 Å². The van der Waals surface area contributed by atoms with Crippen LogP contribution in [-0.2, 0) is 9.84 Å². The molecule has 0 amide bonds. The van der Waals surface area contributed by atoms with Gasteiger partial charge in [-0.25, -0.2) is 8.42 Å². The molecule has 0 atom stereocenters. The first kappa shape index (κ1) is 21.5. The molecule has 156 valence electrons. The molecule has 7 heteroatoms. The normalized spacial score (nSPS) is 11.6. The van der Waals surface area contributed by atoms with E-state index in [4.69, 9.17) is 5.11 Å². The van der Waals surface area contributed by atoms with Crippen LogP contribution in [0, 0.1) is 6.92 Å². The van der Waals surface area contributed by atoms with E-state index in [-0.39, 0.29) is 16.4 Å². The third-order valence-corrected chi connectivity index (χ3v) is 6.46. The van der Waals surface area contributed by atoms with E-state index in [9.17, 15) is 8.42 Å². The summed E-state index contributed by atoms with van der Waals surface area (Å²) in [5, 5.41) is 13.2. The summed E-state index contributed by atoms with van der Waals surface area (Å²) in [5.41, 5.74) is 6.54. The molecule has 6 nitrogen and oxygen atoms in total. The molecule has 0 saturated heterocycles. The van der Waals surface area contributed by atoms with Crippen LogP contribution in [0.1, 0.15) is 11.1 Å². The second-order valence-corrected chi connectivity index (χ2v) is 8.90. The molecule has 0 aromatic heterocycles. The summed E-state index contributed by atoms with van der Waals surface area (Å²) in [5.74, 6) is 0. The van der Waals surface area contributed by atoms with E-state index >= 15 is 0 Å². The van der Waals surface area contributed by atoms with Crippen LogP contribution < -0.4 is 10.3 Å². The Kier molecular flexibility index (Phi) is 6.87. The first-order valence-electron chi connectivity index (χ1n) is 9.53. The molecule has 0 saturated carbocycles. The zero-order chi connectivity index (χ0) is 21.6. The van der Waals surface area contributed by atoms with Gasteiger partial charge < -0.3 is 10.0 Å². The second-order valence-electron chi connectivity index (χ2n) is 6.95. The fourth-order valence-electron chi connectivity index (χ4n) is 2.84. The van der Waals surface area contributed by atoms with Gasteiger partial charge in [-0.3, -0.25) is 5.43 Å². The summed E-state index contributed by atoms with van der Waals surface area (Å²) in [6, 6.07) is 21.1. The molecule has 0 bridgehead atoms. The molecular formula is C23H25N3O3S. The van der Waals surface area contributed by atoms with Crippen LogP contribution in [0.25, 0.3) is 0 Å². The molecule has 0 aliphatic rings. The first-order chi connectivity index (χ1) is 14.4. The van der Waals surface area contributed by atoms with Gasteiger partial charge in [0.05, 0.1) is 28.3 Å². The van der Waals surface area contributed by atoms with Gasteiger partial charge >= 0.3 is 0 Å². The Morgan fingerprint density at radius 3 is 2.07 bits per heavy atom. The van der Waals surface area contributed by atoms with Gasteiger partial charge in [0.1, 0.15) is 0 Å². The number of rotatable bonds is 8. The van der Waals surface area contributed by atoms with Crippen LogP contribution in [-0.4, -0.2) is 39.9 Å². The Bertz CT molecular complexity index is 1090. The first-order valence-corrected chi connectivity index (χ1v) is 11.0. The summed E-state index contributed by atoms with van der Waals surface area (Å²) >= 11 is 0. The molecule has 0 spiro atoms. The van der Waals surface area contributed by atoms with Crippen molar-refractivity contribution in [1.82, 2.24) is 0 Å². The van der Waals surface area contributed by atoms with Crippen molar-refractivity contribution in [3.8, 4) is 0 Å². The number of hydrazone groups is 1. The minimum absolute atomic E-state index is 0.106. The highest BCUT2D eigenvalue weighted by Gasteiger charge is 2.17. The largest absolute Gasteiger partial charge is 0.395 e. The SMILES string of the molecule is Cc1ccc(S(=O)(=O)c2ccc(N/N=C\c3ccc(N(C)CCO)cc3)cc2)cc1. The fourth-order valence-corrected chi connectivity index (χ4v) is 4.10. The highest BCUT2D eigenvalue weighted by molar-refractivity contribution is 7.91. The van der Waals surface area contributed by atoms with Crippen LogP contribution in [0.3, 0.4) is 0 Å². The number of sulfone groups is 1. The standard InChI is InChI=1S/C23H25N3O3S/c1-18-3-11-22(12-4-18)30(28,29)23-13-7-20(8-14-23)25-24-17-19-5-9-21(10-6-19)26(2)15-16-27/h3-14,17,25,27H,15-16H2,1-2H3/b24-17-. The van der Waals surface area contributed by atoms with E-state index < -0.39 is 9.84 Å². The molecule has 2 N–H and O–H groups in total. The number of aliphatic hydroxyl groups excluding tert-OH is 1. The van der Waals surface area contributed by atoms with Crippen LogP contribution in [0.2, 0.25) is 0 Å². The van der Waals surface area contributed by atoms with Crippen molar-refractivity contribution < 1.29 is 13.5 Å². The van der Waals surface area contributed by atoms with E-state index in [1.807, 2.05) is 43.1 Å². The van der Waals surface area contributed by atoms with E-state index in [1.54, 1.807) is 54.7 Å². The minimum atomic E-state index is -3.54. The number of nitrogens with zero attached hydrogens (tertiary/aromatic N) is 2. The van der Waals surface area contributed by atoms with Gasteiger partial charge in [-0.1, -0.05) is 29.8 Å². The van der Waals surface area contributed by atoms with Crippen LogP contribution in [0.5, 0.6) is 0 Å². The number of anilines is 2. The van der Waals surface area contributed by atoms with E-state index in [0.717, 1.165) is 16.8 Å². The van der Waals surface area contributed by atoms with Crippen LogP contribution in [0.4, 0.5) is 11.4 Å². The highest BCUT2D eigenvalue weighted by Crippen LogP contribution is 2.22. The molecule has 0 aliphatic heterocycles. The van der Waals surface area contributed by atoms with Crippen molar-refractivity contribution in [3.63, 3.8) is 0 Å². The Labute approximate surface area is 177 Å². The lowest BCUT2D eigenvalue weighted by Crippen LogP contribution is -2.20. The number of aryl methyl sites for hydroxylation is 1. The molecule has 3 rings (SSSR count). The van der Waals surface area contributed by atoms with E-state index in [0.29, 0.717) is 12.2 Å². The number of likely N-dealkylation sites (N-methyl/N-ethyl adjacent to an activating group) is 1. The van der Waals surface area contributed by atoms with Gasteiger partial charge in [-0.2, -0.15) is 5.10 Å². The summed E-state index contributed by atoms with van der Waals surface area (Å²) in [6.07, 6.45) is 1.69. The molecule has 0 aliphatic carbocycles. The summed E-state index contributed by atoms with van der Waals surface area (Å²) < 4.78 is 25.4. The molecule has 30 heavy (non-hydrogen) atoms. The van der Waals surface area contributed by atoms with Crippen molar-refractivity contribution in [1.29, 1.82) is 0 Å². The average Bonchev–Trinajstić information content (AvgIpc) is 2.75. The maximum atomic E-state index is 12.7. The van der Waals surface area contributed by atoms with Gasteiger partial charge in [-0.05, 0) is 61.0 Å². The maximum absolute atomic E-state index is 12.7. The Hall–Kier alpha value is -3.16. The molecule has 0 heterocycles. The molecule has 0 unspecified atom stereocenters. The van der Waals surface area contributed by atoms with Crippen molar-refractivity contribution in [2.75, 3.05) is 30.5 Å². The summed E-state index contributed by atoms with van der Waals surface area (Å²) in [4.78, 5) is 2.48. The summed E-state index contributed by atoms with van der Waals surface area (Å²) in [7, 11) is -1.62. The molecule has 0 radical (unpaired) electrons. The number of aliphatic hydroxyl groups is 1. The van der Waals surface area contributed by atoms with Crippen LogP contribution >= 0.6 is 0 Å². The smallest absolute Gasteiger partial charge is 0.206 e. The fraction of sp³-hybridized carbons (Fsp3) is 0.174. The monoisotopic (exact) mass is 423 g/mol. The summed E-state index contributed by atoms with van der Waals surface area (Å²) in [6.45, 7) is 2.60. The topological polar surface area (TPSA) is 82.0 Å². The Morgan fingerprint density at radius 2 is 1.50 bits per heavy atom. The number of hydrogen-bond acceptors (Lipinski definition) is 6. The maximum Gasteiger partial charge on any atom is 0.206 e. The molecule has 0 fully saturated rings. The predicted octanol–water partition coefficient (Wildman–Crippen LogP) is 3.70. The lowest BCUT2D eigenvalue weighted by atomic mass is 10.2. The minimum Gasteiger partial charge on any atom is -0.395 e. The average molecular weight is 424 g/mol. The zero-order valence-electron chi connectivity index (χ0n) is 17.0. The number of nitrogens with one attached hydrogen (secondary N) is 1. The van der Waals surface area contributed by atoms with Gasteiger partial charge in [0.15, 0.2) is 0 Å². The van der Waals surface area contributed by atoms with Crippen molar-refractivity contribution in [3.05, 3.63) is 83.9 Å². The van der Waals surface area contributed by atoms with E-state index in [2.05, 4.69) is 10.5 Å². The van der Waals surface area contributed by atoms with Gasteiger partial charge in [-0.15, -0.1) is 0 Å². The van der Waals surface area contributed by atoms with E-state index in [1.165, 1.54) is 0 Å². The number of benzene rings is 3. The lowest BCUT2D eigenvalue weighted by Gasteiger charge is -2.17. The predicted molar refractivity (Wildman–Crippen MR) is 121 cm³/mol. The Morgan fingerprint density at radius 1 is 0.933 bits per heavy atom. The van der Waals surface area contributed by atoms with Crippen molar-refractivity contribution >= 4 is 27.4 Å². The van der Waals surface area contributed by atoms with Gasteiger partial charge in [0.2, 0.25) is 9.84 Å². The zero-order valence-corrected chi connectivity index (χ0v) is 17.8. The molecule has 3 aromatic rings. The molecule has 3 aromatic carbocycles. The lowest BCUT2D eigenvalue weighted by molar-refractivity contribution is 0.304. The third-order valence-electron chi connectivity index (χ3n) is 4.67. The third kappa shape index (κ3) is 5.25. The van der Waals surface area contributed by atoms with Gasteiger partial charge in [0, 0.05) is 19.3 Å². The Balaban J connectivity index is 1.64. The quantitative estimate of drug-likeness (QED) is 0.426. The van der Waals surface area contributed by atoms with Crippen LogP contribution in [0.15, 0.2) is 87.7 Å². The number of hydrogen-bond donors (Lipinski definition) is 2. The van der Waals surface area contributed by atoms with Gasteiger partial charge in [0.25, 0.3) is 0 Å². The second kappa shape index (κ2) is 9.56. The highest BCUT2D eigenvalue weighted by atomic mass is 32.2.